The molecule has 0 fully saturated rings. The molecule has 0 unspecified atom stereocenters. The van der Waals surface area contributed by atoms with E-state index in [4.69, 9.17) is 10.2 Å². The maximum Gasteiger partial charge on any atom is 2.00 e. The standard InChI is InChI=1S/C3H2O7.Al.Ca.Mg.H2O.7H/c4-1(5)9-3(8)10-2(6)7;;;;;;;;;;;/h(H,4,5)(H,6,7);;;;1H2;;;;;;;/q;;2*+2;;;;;4*-1. The fourth-order valence-electron chi connectivity index (χ4n) is 0.163. The molecule has 0 aromatic heterocycles. The molecule has 4 N–H and O–H groups in total. The summed E-state index contributed by atoms with van der Waals surface area (Å²) in [6, 6.07) is 0. The largest absolute Gasteiger partial charge is 2.00 e. The van der Waals surface area contributed by atoms with Gasteiger partial charge in [0.25, 0.3) is 0 Å². The Labute approximate surface area is 140 Å². The molecule has 0 aliphatic heterocycles. The molecule has 0 aromatic carbocycles. The number of carboxylic acid groups (broad SMARTS) is 2. The van der Waals surface area contributed by atoms with Crippen LogP contribution in [0.4, 0.5) is 14.4 Å². The van der Waals surface area contributed by atoms with Gasteiger partial charge < -0.3 is 30.9 Å². The van der Waals surface area contributed by atoms with Crippen molar-refractivity contribution in [2.24, 2.45) is 0 Å². The molecular formula is C3H11AlCaMgO8. The number of ether oxygens (including phenoxy) is 2. The summed E-state index contributed by atoms with van der Waals surface area (Å²) in [5.41, 5.74) is 0. The average Bonchev–Trinajstić information content (AvgIpc) is 1.58. The van der Waals surface area contributed by atoms with E-state index in [0.717, 1.165) is 0 Å². The summed E-state index contributed by atoms with van der Waals surface area (Å²) in [7, 11) is 0. The zero-order chi connectivity index (χ0) is 8.15. The van der Waals surface area contributed by atoms with Crippen molar-refractivity contribution in [2.75, 3.05) is 0 Å². The molecule has 0 atom stereocenters. The summed E-state index contributed by atoms with van der Waals surface area (Å²) < 4.78 is 6.47. The molecular weight excluding hydrogens is 255 g/mol. The topological polar surface area (TPSA) is 142 Å². The molecule has 0 amide bonds. The van der Waals surface area contributed by atoms with Crippen LogP contribution in [0.1, 0.15) is 5.71 Å². The molecule has 0 aromatic rings. The summed E-state index contributed by atoms with van der Waals surface area (Å²) in [5.74, 6) is 0. The summed E-state index contributed by atoms with van der Waals surface area (Å²) >= 11 is 0. The van der Waals surface area contributed by atoms with Crippen LogP contribution < -0.4 is 0 Å². The Morgan fingerprint density at radius 3 is 1.36 bits per heavy atom. The van der Waals surface area contributed by atoms with E-state index in [2.05, 4.69) is 9.47 Å². The fraction of sp³-hybridized carbons (Fsp3) is 0. The molecule has 0 bridgehead atoms. The van der Waals surface area contributed by atoms with Crippen molar-refractivity contribution in [1.82, 2.24) is 0 Å². The summed E-state index contributed by atoms with van der Waals surface area (Å²) in [5, 5.41) is 15.4. The van der Waals surface area contributed by atoms with Crippen LogP contribution in [0.15, 0.2) is 0 Å². The Bertz CT molecular complexity index is 181. The normalized spacial score (nSPS) is 5.71. The van der Waals surface area contributed by atoms with Crippen molar-refractivity contribution in [3.8, 4) is 0 Å². The first-order valence-corrected chi connectivity index (χ1v) is 1.88. The van der Waals surface area contributed by atoms with Gasteiger partial charge in [0, 0.05) is 0 Å². The van der Waals surface area contributed by atoms with Crippen LogP contribution in [-0.2, 0) is 9.47 Å². The van der Waals surface area contributed by atoms with E-state index in [-0.39, 0.29) is 89.3 Å². The zero-order valence-electron chi connectivity index (χ0n) is 10.3. The quantitative estimate of drug-likeness (QED) is 0.298. The molecule has 0 aliphatic carbocycles. The molecule has 0 spiro atoms. The Morgan fingerprint density at radius 1 is 1.00 bits per heavy atom. The van der Waals surface area contributed by atoms with Gasteiger partial charge >= 0.3 is 79.3 Å². The molecule has 0 heterocycles. The predicted molar refractivity (Wildman–Crippen MR) is 53.1 cm³/mol. The van der Waals surface area contributed by atoms with Gasteiger partial charge in [-0.05, 0) is 0 Å². The van der Waals surface area contributed by atoms with Gasteiger partial charge in [-0.15, -0.1) is 0 Å². The molecule has 78 valence electrons. The zero-order valence-corrected chi connectivity index (χ0v) is 9.97. The van der Waals surface area contributed by atoms with Crippen molar-refractivity contribution < 1.29 is 45.3 Å². The number of rotatable bonds is 0. The van der Waals surface area contributed by atoms with Gasteiger partial charge in [-0.25, -0.2) is 14.4 Å². The minimum atomic E-state index is -1.92. The number of hydrogen-bond acceptors (Lipinski definition) is 5. The van der Waals surface area contributed by atoms with Gasteiger partial charge in [0.15, 0.2) is 17.4 Å². The minimum Gasteiger partial charge on any atom is -1.00 e. The van der Waals surface area contributed by atoms with Crippen molar-refractivity contribution in [3.05, 3.63) is 0 Å². The van der Waals surface area contributed by atoms with Gasteiger partial charge in [0.1, 0.15) is 0 Å². The fourth-order valence-corrected chi connectivity index (χ4v) is 0.163. The first-order valence-electron chi connectivity index (χ1n) is 1.88. The Kier molecular flexibility index (Phi) is 33.9. The number of carbonyl (C=O) groups is 3. The molecule has 0 aliphatic rings. The third-order valence-corrected chi connectivity index (χ3v) is 0.341. The van der Waals surface area contributed by atoms with Crippen molar-refractivity contribution in [1.29, 1.82) is 0 Å². The maximum absolute atomic E-state index is 9.86. The summed E-state index contributed by atoms with van der Waals surface area (Å²) in [6.45, 7) is 0. The van der Waals surface area contributed by atoms with Gasteiger partial charge in [-0.3, -0.25) is 0 Å². The average molecular weight is 266 g/mol. The van der Waals surface area contributed by atoms with E-state index in [1.54, 1.807) is 0 Å². The first-order chi connectivity index (χ1) is 4.52. The maximum atomic E-state index is 9.86. The van der Waals surface area contributed by atoms with E-state index >= 15 is 0 Å². The second-order valence-electron chi connectivity index (χ2n) is 0.986. The minimum absolute atomic E-state index is 0. The van der Waals surface area contributed by atoms with E-state index in [1.165, 1.54) is 0 Å². The van der Waals surface area contributed by atoms with Gasteiger partial charge in [0.2, 0.25) is 0 Å². The molecule has 14 heavy (non-hydrogen) atoms. The van der Waals surface area contributed by atoms with E-state index in [0.29, 0.717) is 0 Å². The van der Waals surface area contributed by atoms with Crippen LogP contribution in [0.2, 0.25) is 0 Å². The van der Waals surface area contributed by atoms with Crippen molar-refractivity contribution in [2.45, 2.75) is 0 Å². The van der Waals surface area contributed by atoms with Gasteiger partial charge in [0.05, 0.1) is 0 Å². The van der Waals surface area contributed by atoms with Crippen LogP contribution in [0.25, 0.3) is 0 Å². The second-order valence-corrected chi connectivity index (χ2v) is 0.986. The van der Waals surface area contributed by atoms with Crippen LogP contribution in [0.3, 0.4) is 0 Å². The first kappa shape index (κ1) is 29.3. The molecule has 0 saturated carbocycles. The molecule has 11 heteroatoms. The predicted octanol–water partition coefficient (Wildman–Crippen LogP) is -1.82. The van der Waals surface area contributed by atoms with Crippen LogP contribution in [-0.4, -0.2) is 112 Å². The van der Waals surface area contributed by atoms with Crippen LogP contribution in [0, 0.1) is 0 Å². The Balaban J connectivity index is -0.0000000145. The van der Waals surface area contributed by atoms with Gasteiger partial charge in [-0.2, -0.15) is 0 Å². The Morgan fingerprint density at radius 2 is 1.21 bits per heavy atom. The van der Waals surface area contributed by atoms with Crippen LogP contribution >= 0.6 is 0 Å². The van der Waals surface area contributed by atoms with E-state index < -0.39 is 18.5 Å². The SMILES string of the molecule is O.O=C(O)OC(=O)OC(=O)O.[AlH3].[Ca+2].[H-].[H-].[H-].[H-].[Mg+2]. The third-order valence-electron chi connectivity index (χ3n) is 0.341. The number of carbonyl (C=O) groups excluding carboxylic acids is 1. The molecule has 0 saturated heterocycles. The molecule has 0 rings (SSSR count). The van der Waals surface area contributed by atoms with Gasteiger partial charge in [-0.1, -0.05) is 0 Å². The van der Waals surface area contributed by atoms with Crippen molar-refractivity contribution >= 4 is 96.6 Å². The van der Waals surface area contributed by atoms with Crippen molar-refractivity contribution in [3.63, 3.8) is 0 Å². The second kappa shape index (κ2) is 16.2. The third kappa shape index (κ3) is 23.0. The monoisotopic (exact) mass is 266 g/mol. The molecule has 0 radical (unpaired) electrons. The van der Waals surface area contributed by atoms with Crippen LogP contribution in [0.5, 0.6) is 0 Å². The van der Waals surface area contributed by atoms with E-state index in [9.17, 15) is 14.4 Å². The smallest absolute Gasteiger partial charge is 1.00 e. The number of hydrogen-bond donors (Lipinski definition) is 2. The summed E-state index contributed by atoms with van der Waals surface area (Å²) in [4.78, 5) is 28.8. The summed E-state index contributed by atoms with van der Waals surface area (Å²) in [6.07, 6.45) is -5.64. The molecule has 8 nitrogen and oxygen atoms in total. The van der Waals surface area contributed by atoms with E-state index in [1.807, 2.05) is 0 Å². The Hall–Kier alpha value is 0.728.